The summed E-state index contributed by atoms with van der Waals surface area (Å²) in [6, 6.07) is 12.5. The lowest BCUT2D eigenvalue weighted by molar-refractivity contribution is 0.0955. The number of rotatable bonds is 3. The smallest absolute Gasteiger partial charge is 0.271 e. The van der Waals surface area contributed by atoms with E-state index in [9.17, 15) is 9.18 Å². The second-order valence-corrected chi connectivity index (χ2v) is 4.27. The monoisotopic (exact) mass is 271 g/mol. The van der Waals surface area contributed by atoms with Crippen LogP contribution in [0.5, 0.6) is 0 Å². The molecule has 0 saturated heterocycles. The van der Waals surface area contributed by atoms with Crippen LogP contribution in [-0.2, 0) is 0 Å². The summed E-state index contributed by atoms with van der Waals surface area (Å²) in [5.41, 5.74) is 10.1. The lowest BCUT2D eigenvalue weighted by Crippen LogP contribution is -2.19. The summed E-state index contributed by atoms with van der Waals surface area (Å²) in [4.78, 5) is 11.8. The van der Waals surface area contributed by atoms with Crippen molar-refractivity contribution in [3.63, 3.8) is 0 Å². The number of carbonyl (C=O) groups excluding carboxylic acids is 1. The van der Waals surface area contributed by atoms with Crippen molar-refractivity contribution in [3.8, 4) is 0 Å². The summed E-state index contributed by atoms with van der Waals surface area (Å²) in [5, 5.41) is 3.95. The Labute approximate surface area is 116 Å². The zero-order valence-corrected chi connectivity index (χ0v) is 10.9. The van der Waals surface area contributed by atoms with E-state index in [4.69, 9.17) is 5.73 Å². The molecule has 0 spiro atoms. The standard InChI is InChI=1S/C15H14FN3O/c1-10(12-3-2-4-13(16)9-12)18-19-15(20)11-5-7-14(17)8-6-11/h2-9H,17H2,1H3,(H,19,20)/b18-10+. The van der Waals surface area contributed by atoms with Crippen LogP contribution in [0.3, 0.4) is 0 Å². The zero-order valence-electron chi connectivity index (χ0n) is 10.9. The highest BCUT2D eigenvalue weighted by Gasteiger charge is 2.04. The van der Waals surface area contributed by atoms with Crippen molar-refractivity contribution in [3.05, 3.63) is 65.5 Å². The summed E-state index contributed by atoms with van der Waals surface area (Å²) in [6.45, 7) is 1.69. The van der Waals surface area contributed by atoms with Crippen LogP contribution in [0.4, 0.5) is 10.1 Å². The number of hydrogen-bond acceptors (Lipinski definition) is 3. The average Bonchev–Trinajstić information content (AvgIpc) is 2.45. The molecule has 0 heterocycles. The number of benzene rings is 2. The van der Waals surface area contributed by atoms with Crippen LogP contribution in [-0.4, -0.2) is 11.6 Å². The molecule has 0 saturated carbocycles. The molecule has 2 aromatic carbocycles. The van der Waals surface area contributed by atoms with Crippen molar-refractivity contribution in [1.82, 2.24) is 5.43 Å². The number of carbonyl (C=O) groups is 1. The molecule has 0 radical (unpaired) electrons. The van der Waals surface area contributed by atoms with Crippen LogP contribution < -0.4 is 11.2 Å². The molecule has 20 heavy (non-hydrogen) atoms. The van der Waals surface area contributed by atoms with Gasteiger partial charge in [-0.3, -0.25) is 4.79 Å². The van der Waals surface area contributed by atoms with Gasteiger partial charge in [-0.2, -0.15) is 5.10 Å². The van der Waals surface area contributed by atoms with Gasteiger partial charge in [0, 0.05) is 16.8 Å². The van der Waals surface area contributed by atoms with E-state index in [0.29, 0.717) is 22.5 Å². The van der Waals surface area contributed by atoms with Gasteiger partial charge in [0.15, 0.2) is 0 Å². The van der Waals surface area contributed by atoms with E-state index >= 15 is 0 Å². The highest BCUT2D eigenvalue weighted by molar-refractivity contribution is 6.00. The van der Waals surface area contributed by atoms with E-state index in [2.05, 4.69) is 10.5 Å². The van der Waals surface area contributed by atoms with E-state index in [0.717, 1.165) is 0 Å². The topological polar surface area (TPSA) is 67.5 Å². The second kappa shape index (κ2) is 5.97. The fourth-order valence-corrected chi connectivity index (χ4v) is 1.61. The van der Waals surface area contributed by atoms with Crippen molar-refractivity contribution >= 4 is 17.3 Å². The van der Waals surface area contributed by atoms with Gasteiger partial charge >= 0.3 is 0 Å². The molecule has 2 aromatic rings. The lowest BCUT2D eigenvalue weighted by Gasteiger charge is -2.03. The summed E-state index contributed by atoms with van der Waals surface area (Å²) < 4.78 is 13.1. The van der Waals surface area contributed by atoms with Gasteiger partial charge in [-0.15, -0.1) is 0 Å². The maximum absolute atomic E-state index is 13.1. The van der Waals surface area contributed by atoms with E-state index in [1.807, 2.05) is 0 Å². The molecule has 4 nitrogen and oxygen atoms in total. The minimum absolute atomic E-state index is 0.345. The Bertz CT molecular complexity index is 650. The molecule has 0 unspecified atom stereocenters. The Hall–Kier alpha value is -2.69. The van der Waals surface area contributed by atoms with Gasteiger partial charge < -0.3 is 5.73 Å². The molecule has 0 fully saturated rings. The zero-order chi connectivity index (χ0) is 14.5. The first kappa shape index (κ1) is 13.7. The molecule has 0 aromatic heterocycles. The molecule has 0 aliphatic carbocycles. The van der Waals surface area contributed by atoms with Gasteiger partial charge in [-0.25, -0.2) is 9.82 Å². The number of nitrogens with two attached hydrogens (primary N) is 1. The number of hydrogen-bond donors (Lipinski definition) is 2. The second-order valence-electron chi connectivity index (χ2n) is 4.27. The van der Waals surface area contributed by atoms with Crippen LogP contribution in [0.25, 0.3) is 0 Å². The predicted molar refractivity (Wildman–Crippen MR) is 76.9 cm³/mol. The molecule has 5 heteroatoms. The molecule has 0 atom stereocenters. The first-order chi connectivity index (χ1) is 9.56. The van der Waals surface area contributed by atoms with Crippen LogP contribution in [0.15, 0.2) is 53.6 Å². The van der Waals surface area contributed by atoms with E-state index in [-0.39, 0.29) is 11.7 Å². The van der Waals surface area contributed by atoms with Gasteiger partial charge in [-0.05, 0) is 43.3 Å². The van der Waals surface area contributed by atoms with Crippen molar-refractivity contribution in [2.45, 2.75) is 6.92 Å². The molecule has 0 aliphatic heterocycles. The highest BCUT2D eigenvalue weighted by Crippen LogP contribution is 2.06. The van der Waals surface area contributed by atoms with E-state index in [1.54, 1.807) is 43.3 Å². The lowest BCUT2D eigenvalue weighted by atomic mass is 10.1. The highest BCUT2D eigenvalue weighted by atomic mass is 19.1. The third-order valence-electron chi connectivity index (χ3n) is 2.74. The molecule has 3 N–H and O–H groups in total. The number of hydrazone groups is 1. The first-order valence-electron chi connectivity index (χ1n) is 6.02. The maximum atomic E-state index is 13.1. The number of halogens is 1. The van der Waals surface area contributed by atoms with Gasteiger partial charge in [-0.1, -0.05) is 12.1 Å². The SMILES string of the molecule is C/C(=N\NC(=O)c1ccc(N)cc1)c1cccc(F)c1. The van der Waals surface area contributed by atoms with Crippen LogP contribution in [0, 0.1) is 5.82 Å². The summed E-state index contributed by atoms with van der Waals surface area (Å²) in [6.07, 6.45) is 0. The van der Waals surface area contributed by atoms with E-state index < -0.39 is 0 Å². The summed E-state index contributed by atoms with van der Waals surface area (Å²) in [5.74, 6) is -0.692. The summed E-state index contributed by atoms with van der Waals surface area (Å²) in [7, 11) is 0. The average molecular weight is 271 g/mol. The Morgan fingerprint density at radius 1 is 1.15 bits per heavy atom. The first-order valence-corrected chi connectivity index (χ1v) is 6.02. The van der Waals surface area contributed by atoms with Crippen molar-refractivity contribution in [2.75, 3.05) is 5.73 Å². The normalized spacial score (nSPS) is 11.2. The van der Waals surface area contributed by atoms with Crippen LogP contribution >= 0.6 is 0 Å². The Morgan fingerprint density at radius 2 is 1.85 bits per heavy atom. The Morgan fingerprint density at radius 3 is 2.50 bits per heavy atom. The number of nitrogens with zero attached hydrogens (tertiary/aromatic N) is 1. The molecule has 102 valence electrons. The number of nitrogen functional groups attached to an aromatic ring is 1. The minimum Gasteiger partial charge on any atom is -0.399 e. The van der Waals surface area contributed by atoms with Crippen LogP contribution in [0.2, 0.25) is 0 Å². The van der Waals surface area contributed by atoms with Gasteiger partial charge in [0.05, 0.1) is 5.71 Å². The number of anilines is 1. The molecule has 0 bridgehead atoms. The minimum atomic E-state index is -0.347. The molecule has 1 amide bonds. The fraction of sp³-hybridized carbons (Fsp3) is 0.0667. The molecule has 2 rings (SSSR count). The van der Waals surface area contributed by atoms with E-state index in [1.165, 1.54) is 12.1 Å². The molecular weight excluding hydrogens is 257 g/mol. The van der Waals surface area contributed by atoms with Crippen molar-refractivity contribution in [1.29, 1.82) is 0 Å². The van der Waals surface area contributed by atoms with Gasteiger partial charge in [0.2, 0.25) is 0 Å². The van der Waals surface area contributed by atoms with Gasteiger partial charge in [0.1, 0.15) is 5.82 Å². The molecule has 0 aliphatic rings. The number of nitrogens with one attached hydrogen (secondary N) is 1. The fourth-order valence-electron chi connectivity index (χ4n) is 1.61. The third-order valence-corrected chi connectivity index (χ3v) is 2.74. The quantitative estimate of drug-likeness (QED) is 0.512. The Balaban J connectivity index is 2.08. The predicted octanol–water partition coefficient (Wildman–Crippen LogP) is 2.56. The number of amides is 1. The van der Waals surface area contributed by atoms with Crippen molar-refractivity contribution < 1.29 is 9.18 Å². The molecular formula is C15H14FN3O. The third kappa shape index (κ3) is 3.41. The van der Waals surface area contributed by atoms with Crippen molar-refractivity contribution in [2.24, 2.45) is 5.10 Å². The largest absolute Gasteiger partial charge is 0.399 e. The van der Waals surface area contributed by atoms with Crippen LogP contribution in [0.1, 0.15) is 22.8 Å². The van der Waals surface area contributed by atoms with Gasteiger partial charge in [0.25, 0.3) is 5.91 Å². The maximum Gasteiger partial charge on any atom is 0.271 e. The Kier molecular flexibility index (Phi) is 4.10. The summed E-state index contributed by atoms with van der Waals surface area (Å²) >= 11 is 0.